The highest BCUT2D eigenvalue weighted by Gasteiger charge is 2.31. The minimum absolute atomic E-state index is 0.0332. The van der Waals surface area contributed by atoms with E-state index in [4.69, 9.17) is 9.47 Å². The lowest BCUT2D eigenvalue weighted by atomic mass is 9.82. The molecule has 4 heteroatoms. The summed E-state index contributed by atoms with van der Waals surface area (Å²) in [6.45, 7) is 8.80. The SMILES string of the molecule is CC(C)CCCCCCCOC(=O)C1CCC(C(=O)OC(C)C)CC1. The van der Waals surface area contributed by atoms with Crippen LogP contribution in [0.15, 0.2) is 0 Å². The van der Waals surface area contributed by atoms with E-state index in [2.05, 4.69) is 13.8 Å². The molecule has 0 N–H and O–H groups in total. The maximum absolute atomic E-state index is 12.1. The van der Waals surface area contributed by atoms with Gasteiger partial charge in [0.1, 0.15) is 0 Å². The molecule has 1 rings (SSSR count). The quantitative estimate of drug-likeness (QED) is 0.374. The van der Waals surface area contributed by atoms with Gasteiger partial charge in [0.15, 0.2) is 0 Å². The smallest absolute Gasteiger partial charge is 0.309 e. The summed E-state index contributed by atoms with van der Waals surface area (Å²) in [5, 5.41) is 0. The van der Waals surface area contributed by atoms with Crippen LogP contribution in [0.1, 0.15) is 91.9 Å². The fourth-order valence-corrected chi connectivity index (χ4v) is 3.37. The molecular weight excluding hydrogens is 316 g/mol. The summed E-state index contributed by atoms with van der Waals surface area (Å²) in [6, 6.07) is 0. The van der Waals surface area contributed by atoms with Gasteiger partial charge in [0.05, 0.1) is 24.5 Å². The fraction of sp³-hybridized carbons (Fsp3) is 0.905. The molecule has 1 fully saturated rings. The Hall–Kier alpha value is -1.06. The highest BCUT2D eigenvalue weighted by Crippen LogP contribution is 2.30. The summed E-state index contributed by atoms with van der Waals surface area (Å²) < 4.78 is 10.7. The number of ether oxygens (including phenoxy) is 2. The summed E-state index contributed by atoms with van der Waals surface area (Å²) in [6.07, 6.45) is 10.1. The molecule has 1 aliphatic rings. The zero-order chi connectivity index (χ0) is 18.7. The topological polar surface area (TPSA) is 52.6 Å². The molecule has 0 saturated heterocycles. The second-order valence-electron chi connectivity index (χ2n) is 8.15. The number of esters is 2. The van der Waals surface area contributed by atoms with Gasteiger partial charge in [0.25, 0.3) is 0 Å². The zero-order valence-corrected chi connectivity index (χ0v) is 16.7. The average molecular weight is 355 g/mol. The highest BCUT2D eigenvalue weighted by molar-refractivity contribution is 5.75. The van der Waals surface area contributed by atoms with Crippen LogP contribution in [0.5, 0.6) is 0 Å². The van der Waals surface area contributed by atoms with Gasteiger partial charge in [-0.1, -0.05) is 46.0 Å². The second kappa shape index (κ2) is 12.3. The number of hydrogen-bond donors (Lipinski definition) is 0. The van der Waals surface area contributed by atoms with Gasteiger partial charge in [-0.15, -0.1) is 0 Å². The molecule has 0 unspecified atom stereocenters. The minimum atomic E-state index is -0.112. The molecule has 1 saturated carbocycles. The van der Waals surface area contributed by atoms with Crippen LogP contribution in [0, 0.1) is 17.8 Å². The molecule has 0 heterocycles. The maximum atomic E-state index is 12.1. The summed E-state index contributed by atoms with van der Waals surface area (Å²) in [5.41, 5.74) is 0. The van der Waals surface area contributed by atoms with Crippen LogP contribution in [0.25, 0.3) is 0 Å². The molecule has 0 bridgehead atoms. The average Bonchev–Trinajstić information content (AvgIpc) is 2.56. The van der Waals surface area contributed by atoms with Gasteiger partial charge < -0.3 is 9.47 Å². The number of unbranched alkanes of at least 4 members (excludes halogenated alkanes) is 4. The first kappa shape index (κ1) is 22.0. The van der Waals surface area contributed by atoms with E-state index < -0.39 is 0 Å². The summed E-state index contributed by atoms with van der Waals surface area (Å²) >= 11 is 0. The van der Waals surface area contributed by atoms with Gasteiger partial charge >= 0.3 is 11.9 Å². The predicted molar refractivity (Wildman–Crippen MR) is 100 cm³/mol. The van der Waals surface area contributed by atoms with E-state index in [1.54, 1.807) is 0 Å². The Kier molecular flexibility index (Phi) is 10.8. The van der Waals surface area contributed by atoms with E-state index in [0.717, 1.165) is 44.4 Å². The molecule has 0 spiro atoms. The Balaban J connectivity index is 2.06. The summed E-state index contributed by atoms with van der Waals surface area (Å²) in [7, 11) is 0. The van der Waals surface area contributed by atoms with Gasteiger partial charge in [-0.2, -0.15) is 0 Å². The Morgan fingerprint density at radius 2 is 1.32 bits per heavy atom. The lowest BCUT2D eigenvalue weighted by Gasteiger charge is -2.26. The van der Waals surface area contributed by atoms with Crippen molar-refractivity contribution in [2.24, 2.45) is 17.8 Å². The molecule has 25 heavy (non-hydrogen) atoms. The van der Waals surface area contributed by atoms with Gasteiger partial charge in [-0.25, -0.2) is 0 Å². The van der Waals surface area contributed by atoms with Crippen molar-refractivity contribution in [1.82, 2.24) is 0 Å². The number of carbonyl (C=O) groups excluding carboxylic acids is 2. The van der Waals surface area contributed by atoms with Crippen LogP contribution in [0.2, 0.25) is 0 Å². The van der Waals surface area contributed by atoms with E-state index in [9.17, 15) is 9.59 Å². The predicted octanol–water partition coefficient (Wildman–Crippen LogP) is 5.28. The third-order valence-electron chi connectivity index (χ3n) is 4.92. The molecule has 4 nitrogen and oxygen atoms in total. The largest absolute Gasteiger partial charge is 0.465 e. The molecule has 0 aromatic heterocycles. The van der Waals surface area contributed by atoms with Crippen LogP contribution < -0.4 is 0 Å². The van der Waals surface area contributed by atoms with E-state index in [1.165, 1.54) is 25.7 Å². The number of rotatable bonds is 11. The molecule has 146 valence electrons. The van der Waals surface area contributed by atoms with Gasteiger partial charge in [-0.05, 0) is 51.9 Å². The van der Waals surface area contributed by atoms with Crippen LogP contribution in [-0.2, 0) is 19.1 Å². The van der Waals surface area contributed by atoms with Crippen molar-refractivity contribution in [3.63, 3.8) is 0 Å². The molecule has 0 radical (unpaired) electrons. The van der Waals surface area contributed by atoms with Crippen molar-refractivity contribution >= 4 is 11.9 Å². The fourth-order valence-electron chi connectivity index (χ4n) is 3.37. The summed E-state index contributed by atoms with van der Waals surface area (Å²) in [4.78, 5) is 24.0. The molecule has 0 amide bonds. The second-order valence-corrected chi connectivity index (χ2v) is 8.15. The van der Waals surface area contributed by atoms with E-state index in [0.29, 0.717) is 6.61 Å². The molecule has 0 aromatic rings. The summed E-state index contributed by atoms with van der Waals surface area (Å²) in [5.74, 6) is 0.532. The van der Waals surface area contributed by atoms with Crippen molar-refractivity contribution in [3.8, 4) is 0 Å². The Morgan fingerprint density at radius 1 is 0.800 bits per heavy atom. The monoisotopic (exact) mass is 354 g/mol. The third kappa shape index (κ3) is 9.86. The van der Waals surface area contributed by atoms with Crippen LogP contribution in [0.4, 0.5) is 0 Å². The molecule has 0 aromatic carbocycles. The lowest BCUT2D eigenvalue weighted by molar-refractivity contribution is -0.157. The van der Waals surface area contributed by atoms with Gasteiger partial charge in [0, 0.05) is 0 Å². The Labute approximate surface area is 154 Å². The van der Waals surface area contributed by atoms with Crippen molar-refractivity contribution in [2.45, 2.75) is 98.0 Å². The third-order valence-corrected chi connectivity index (χ3v) is 4.92. The Morgan fingerprint density at radius 3 is 1.88 bits per heavy atom. The van der Waals surface area contributed by atoms with Gasteiger partial charge in [0.2, 0.25) is 0 Å². The standard InChI is InChI=1S/C21H38O4/c1-16(2)10-8-6-5-7-9-15-24-20(22)18-11-13-19(14-12-18)21(23)25-17(3)4/h16-19H,5-15H2,1-4H3. The maximum Gasteiger partial charge on any atom is 0.309 e. The van der Waals surface area contributed by atoms with Gasteiger partial charge in [-0.3, -0.25) is 9.59 Å². The number of carbonyl (C=O) groups is 2. The minimum Gasteiger partial charge on any atom is -0.465 e. The van der Waals surface area contributed by atoms with Crippen LogP contribution in [-0.4, -0.2) is 24.6 Å². The van der Waals surface area contributed by atoms with Crippen molar-refractivity contribution < 1.29 is 19.1 Å². The van der Waals surface area contributed by atoms with Crippen LogP contribution in [0.3, 0.4) is 0 Å². The normalized spacial score (nSPS) is 20.7. The van der Waals surface area contributed by atoms with Crippen LogP contribution >= 0.6 is 0 Å². The first-order valence-corrected chi connectivity index (χ1v) is 10.3. The van der Waals surface area contributed by atoms with E-state index in [-0.39, 0.29) is 29.9 Å². The zero-order valence-electron chi connectivity index (χ0n) is 16.7. The first-order valence-electron chi connectivity index (χ1n) is 10.3. The Bertz CT molecular complexity index is 381. The molecule has 0 aliphatic heterocycles. The molecule has 1 aliphatic carbocycles. The molecular formula is C21H38O4. The highest BCUT2D eigenvalue weighted by atomic mass is 16.5. The first-order chi connectivity index (χ1) is 11.9. The lowest BCUT2D eigenvalue weighted by Crippen LogP contribution is -2.29. The van der Waals surface area contributed by atoms with Crippen molar-refractivity contribution in [2.75, 3.05) is 6.61 Å². The number of hydrogen-bond acceptors (Lipinski definition) is 4. The van der Waals surface area contributed by atoms with Crippen molar-refractivity contribution in [1.29, 1.82) is 0 Å². The van der Waals surface area contributed by atoms with E-state index >= 15 is 0 Å². The van der Waals surface area contributed by atoms with Crippen molar-refractivity contribution in [3.05, 3.63) is 0 Å². The van der Waals surface area contributed by atoms with E-state index in [1.807, 2.05) is 13.8 Å². The molecule has 0 atom stereocenters.